The zero-order chi connectivity index (χ0) is 18.7. The van der Waals surface area contributed by atoms with Crippen LogP contribution in [-0.4, -0.2) is 18.0 Å². The van der Waals surface area contributed by atoms with Crippen LogP contribution in [0.25, 0.3) is 0 Å². The third-order valence-corrected chi connectivity index (χ3v) is 8.30. The fraction of sp³-hybridized carbons (Fsp3) is 0.652. The molecule has 4 bridgehead atoms. The molecule has 27 heavy (non-hydrogen) atoms. The van der Waals surface area contributed by atoms with Gasteiger partial charge in [0, 0.05) is 5.57 Å². The van der Waals surface area contributed by atoms with Crippen molar-refractivity contribution in [2.24, 2.45) is 35.0 Å². The molecule has 0 aromatic rings. The number of rotatable bonds is 1. The van der Waals surface area contributed by atoms with E-state index < -0.39 is 11.9 Å². The first kappa shape index (κ1) is 16.1. The average molecular weight is 366 g/mol. The van der Waals surface area contributed by atoms with E-state index in [2.05, 4.69) is 19.9 Å². The van der Waals surface area contributed by atoms with Crippen LogP contribution in [-0.2, 0) is 19.1 Å². The molecule has 1 atom stereocenters. The lowest BCUT2D eigenvalue weighted by atomic mass is 9.40. The highest BCUT2D eigenvalue weighted by Gasteiger charge is 2.69. The highest BCUT2D eigenvalue weighted by atomic mass is 16.6. The minimum atomic E-state index is -0.434. The summed E-state index contributed by atoms with van der Waals surface area (Å²) < 4.78 is 11.7. The lowest BCUT2D eigenvalue weighted by Crippen LogP contribution is -2.61. The Morgan fingerprint density at radius 3 is 2.22 bits per heavy atom. The highest BCUT2D eigenvalue weighted by Crippen LogP contribution is 2.70. The Bertz CT molecular complexity index is 856. The van der Waals surface area contributed by atoms with Crippen molar-refractivity contribution < 1.29 is 19.1 Å². The number of ether oxygens (including phenoxy) is 2. The van der Waals surface area contributed by atoms with Gasteiger partial charge in [0.25, 0.3) is 0 Å². The summed E-state index contributed by atoms with van der Waals surface area (Å²) in [6.45, 7) is 6.19. The van der Waals surface area contributed by atoms with Crippen molar-refractivity contribution in [3.05, 3.63) is 34.1 Å². The first-order valence-corrected chi connectivity index (χ1v) is 10.5. The molecule has 0 aromatic heterocycles. The van der Waals surface area contributed by atoms with Crippen LogP contribution in [0, 0.1) is 35.0 Å². The number of cyclic esters (lactones) is 2. The Labute approximate surface area is 159 Å². The van der Waals surface area contributed by atoms with Gasteiger partial charge in [-0.1, -0.05) is 13.8 Å². The van der Waals surface area contributed by atoms with Gasteiger partial charge in [0.1, 0.15) is 6.10 Å². The minimum Gasteiger partial charge on any atom is -0.489 e. The predicted molar refractivity (Wildman–Crippen MR) is 98.1 cm³/mol. The molecule has 0 aromatic carbocycles. The van der Waals surface area contributed by atoms with Gasteiger partial charge in [-0.05, 0) is 80.3 Å². The second kappa shape index (κ2) is 4.95. The van der Waals surface area contributed by atoms with E-state index in [0.29, 0.717) is 23.0 Å². The van der Waals surface area contributed by atoms with Gasteiger partial charge in [0.15, 0.2) is 0 Å². The van der Waals surface area contributed by atoms with Gasteiger partial charge < -0.3 is 9.47 Å². The van der Waals surface area contributed by atoms with Gasteiger partial charge in [-0.3, -0.25) is 0 Å². The molecule has 2 aliphatic heterocycles. The van der Waals surface area contributed by atoms with Gasteiger partial charge in [-0.25, -0.2) is 9.59 Å². The summed E-state index contributed by atoms with van der Waals surface area (Å²) in [5, 5.41) is 0. The Balaban J connectivity index is 1.66. The van der Waals surface area contributed by atoms with Gasteiger partial charge in [-0.15, -0.1) is 0 Å². The van der Waals surface area contributed by atoms with Crippen molar-refractivity contribution in [3.8, 4) is 0 Å². The van der Waals surface area contributed by atoms with Crippen molar-refractivity contribution in [2.75, 3.05) is 0 Å². The molecule has 142 valence electrons. The summed E-state index contributed by atoms with van der Waals surface area (Å²) in [5.41, 5.74) is 3.01. The quantitative estimate of drug-likeness (QED) is 0.518. The first-order chi connectivity index (χ1) is 12.9. The van der Waals surface area contributed by atoms with Crippen molar-refractivity contribution in [2.45, 2.75) is 59.0 Å². The monoisotopic (exact) mass is 366 g/mol. The molecular weight excluding hydrogens is 340 g/mol. The topological polar surface area (TPSA) is 52.6 Å². The predicted octanol–water partition coefficient (Wildman–Crippen LogP) is 4.08. The minimum absolute atomic E-state index is 0.123. The fourth-order valence-electron chi connectivity index (χ4n) is 7.88. The highest BCUT2D eigenvalue weighted by molar-refractivity contribution is 6.16. The zero-order valence-electron chi connectivity index (χ0n) is 16.2. The van der Waals surface area contributed by atoms with Crippen LogP contribution >= 0.6 is 0 Å². The molecule has 0 saturated heterocycles. The van der Waals surface area contributed by atoms with E-state index >= 15 is 0 Å². The summed E-state index contributed by atoms with van der Waals surface area (Å²) in [6, 6.07) is 0. The standard InChI is InChI=1S/C23H26O4/c1-10(2)17-16-4-11(3)26-20(16)23(19-18(17)21(24)27-22(19)25)14-6-12-5-13(8-14)9-15(23)7-12/h4,10,12-15,20H,5-9H2,1-3H3. The number of fused-ring (bicyclic) bond motifs is 1. The second-order valence-electron chi connectivity index (χ2n) is 9.94. The van der Waals surface area contributed by atoms with Crippen molar-refractivity contribution in [3.63, 3.8) is 0 Å². The third kappa shape index (κ3) is 1.76. The van der Waals surface area contributed by atoms with Crippen molar-refractivity contribution in [1.82, 2.24) is 0 Å². The zero-order valence-corrected chi connectivity index (χ0v) is 16.2. The lowest BCUT2D eigenvalue weighted by Gasteiger charge is -2.63. The summed E-state index contributed by atoms with van der Waals surface area (Å²) in [4.78, 5) is 25.9. The number of carbonyl (C=O) groups excluding carboxylic acids is 2. The van der Waals surface area contributed by atoms with E-state index in [1.807, 2.05) is 6.92 Å². The van der Waals surface area contributed by atoms with E-state index in [0.717, 1.165) is 54.4 Å². The molecule has 7 rings (SSSR count). The smallest absolute Gasteiger partial charge is 0.346 e. The molecule has 4 nitrogen and oxygen atoms in total. The molecular formula is C23H26O4. The largest absolute Gasteiger partial charge is 0.489 e. The summed E-state index contributed by atoms with van der Waals surface area (Å²) in [5.74, 6) is 2.63. The average Bonchev–Trinajstić information content (AvgIpc) is 3.10. The number of esters is 2. The summed E-state index contributed by atoms with van der Waals surface area (Å²) in [6.07, 6.45) is 7.99. The van der Waals surface area contributed by atoms with Crippen LogP contribution < -0.4 is 0 Å². The first-order valence-electron chi connectivity index (χ1n) is 10.5. The van der Waals surface area contributed by atoms with Crippen LogP contribution in [0.1, 0.15) is 52.9 Å². The molecule has 0 N–H and O–H groups in total. The molecule has 4 heteroatoms. The molecule has 1 unspecified atom stereocenters. The molecule has 4 saturated carbocycles. The van der Waals surface area contributed by atoms with Crippen LogP contribution in [0.15, 0.2) is 34.1 Å². The van der Waals surface area contributed by atoms with Crippen LogP contribution in [0.3, 0.4) is 0 Å². The molecule has 2 heterocycles. The van der Waals surface area contributed by atoms with Crippen molar-refractivity contribution >= 4 is 11.9 Å². The van der Waals surface area contributed by atoms with Gasteiger partial charge in [-0.2, -0.15) is 0 Å². The van der Waals surface area contributed by atoms with E-state index in [-0.39, 0.29) is 17.4 Å². The Hall–Kier alpha value is -1.84. The Kier molecular flexibility index (Phi) is 2.96. The van der Waals surface area contributed by atoms with Crippen LogP contribution in [0.2, 0.25) is 0 Å². The van der Waals surface area contributed by atoms with E-state index in [1.165, 1.54) is 6.42 Å². The van der Waals surface area contributed by atoms with E-state index in [9.17, 15) is 9.59 Å². The normalized spacial score (nSPS) is 44.1. The number of carbonyl (C=O) groups is 2. The summed E-state index contributed by atoms with van der Waals surface area (Å²) in [7, 11) is 0. The van der Waals surface area contributed by atoms with Crippen molar-refractivity contribution in [1.29, 1.82) is 0 Å². The fourth-order valence-corrected chi connectivity index (χ4v) is 7.88. The number of hydrogen-bond donors (Lipinski definition) is 0. The van der Waals surface area contributed by atoms with E-state index in [1.54, 1.807) is 0 Å². The molecule has 0 radical (unpaired) electrons. The number of hydrogen-bond acceptors (Lipinski definition) is 4. The summed E-state index contributed by atoms with van der Waals surface area (Å²) >= 11 is 0. The van der Waals surface area contributed by atoms with E-state index in [4.69, 9.17) is 9.47 Å². The second-order valence-corrected chi connectivity index (χ2v) is 9.94. The molecule has 1 spiro atoms. The molecule has 4 fully saturated rings. The number of allylic oxidation sites excluding steroid dienone is 1. The Morgan fingerprint density at radius 1 is 1.00 bits per heavy atom. The molecule has 5 aliphatic carbocycles. The van der Waals surface area contributed by atoms with Gasteiger partial charge in [0.05, 0.1) is 22.3 Å². The Morgan fingerprint density at radius 2 is 1.63 bits per heavy atom. The maximum absolute atomic E-state index is 13.1. The SMILES string of the molecule is CC1=CC2=C(C(C)C)C3=C(C(=O)OC3=O)C3(C4CC5CC(C4)CC3C5)C2O1. The van der Waals surface area contributed by atoms with Gasteiger partial charge in [0.2, 0.25) is 0 Å². The lowest BCUT2D eigenvalue weighted by molar-refractivity contribution is -0.159. The maximum atomic E-state index is 13.1. The molecule has 7 aliphatic rings. The maximum Gasteiger partial charge on any atom is 0.346 e. The third-order valence-electron chi connectivity index (χ3n) is 8.30. The molecule has 0 amide bonds. The van der Waals surface area contributed by atoms with Crippen LogP contribution in [0.5, 0.6) is 0 Å². The van der Waals surface area contributed by atoms with Gasteiger partial charge >= 0.3 is 11.9 Å². The van der Waals surface area contributed by atoms with Crippen LogP contribution in [0.4, 0.5) is 0 Å².